The van der Waals surface area contributed by atoms with Crippen LogP contribution in [0.15, 0.2) is 112 Å². The number of fused-ring (bicyclic) bond motifs is 3. The number of anilines is 1. The average molecular weight is 615 g/mol. The maximum atomic E-state index is 13.8. The molecule has 5 rings (SSSR count). The highest BCUT2D eigenvalue weighted by atomic mass is 32.2. The summed E-state index contributed by atoms with van der Waals surface area (Å²) in [7, 11) is 2.65. The van der Waals surface area contributed by atoms with E-state index in [4.69, 9.17) is 14.5 Å². The summed E-state index contributed by atoms with van der Waals surface area (Å²) >= 11 is 1.16. The van der Waals surface area contributed by atoms with Crippen LogP contribution < -0.4 is 4.31 Å². The molecule has 0 aliphatic carbocycles. The largest absolute Gasteiger partial charge is 0.870 e. The molecule has 1 aliphatic rings. The van der Waals surface area contributed by atoms with E-state index in [1.807, 2.05) is 83.2 Å². The van der Waals surface area contributed by atoms with Crippen molar-refractivity contribution < 1.29 is 24.5 Å². The van der Waals surface area contributed by atoms with Crippen molar-refractivity contribution in [2.75, 3.05) is 30.0 Å². The lowest BCUT2D eigenvalue weighted by molar-refractivity contribution is -0.141. The third-order valence-electron chi connectivity index (χ3n) is 7.02. The summed E-state index contributed by atoms with van der Waals surface area (Å²) in [5.74, 6) is 0.354. The molecule has 43 heavy (non-hydrogen) atoms. The Hall–Kier alpha value is -4.05. The lowest BCUT2D eigenvalue weighted by atomic mass is 10.0. The van der Waals surface area contributed by atoms with Gasteiger partial charge < -0.3 is 14.9 Å². The Morgan fingerprint density at radius 2 is 1.40 bits per heavy atom. The minimum atomic E-state index is -1.14. The third-order valence-corrected chi connectivity index (χ3v) is 10.3. The molecule has 2 unspecified atom stereocenters. The highest BCUT2D eigenvalue weighted by Gasteiger charge is 2.50. The van der Waals surface area contributed by atoms with Gasteiger partial charge in [-0.15, -0.1) is 11.8 Å². The summed E-state index contributed by atoms with van der Waals surface area (Å²) < 4.78 is 12.7. The number of esters is 2. The van der Waals surface area contributed by atoms with E-state index < -0.39 is 29.1 Å². The van der Waals surface area contributed by atoms with Crippen LogP contribution in [0, 0.1) is 0 Å². The highest BCUT2D eigenvalue weighted by molar-refractivity contribution is 7.99. The standard InChI is InChI=1S/C34H33N2O4S2.H2O/c1-5-41-29-21-13-9-17-25(29)23-15-7-11-19-27(23)35-31(33(37)39-3)32(34(38)40-4)36-28-20-12-8-16-24(28)26-18-10-14-22-30(26)42(36)6-2;/h7-22,32H,5-6H2,1-4H3;1H2/q+1;/p-1. The van der Waals surface area contributed by atoms with Gasteiger partial charge in [0, 0.05) is 21.6 Å². The maximum Gasteiger partial charge on any atom is 0.355 e. The molecule has 0 spiro atoms. The lowest BCUT2D eigenvalue weighted by Gasteiger charge is -2.34. The Kier molecular flexibility index (Phi) is 10.7. The van der Waals surface area contributed by atoms with Gasteiger partial charge in [0.25, 0.3) is 0 Å². The molecule has 0 saturated carbocycles. The van der Waals surface area contributed by atoms with Gasteiger partial charge in [-0.05, 0) is 48.6 Å². The summed E-state index contributed by atoms with van der Waals surface area (Å²) in [5, 5.41) is 0. The van der Waals surface area contributed by atoms with Crippen molar-refractivity contribution in [2.45, 2.75) is 29.7 Å². The van der Waals surface area contributed by atoms with Crippen LogP contribution in [0.25, 0.3) is 22.3 Å². The van der Waals surface area contributed by atoms with Crippen molar-refractivity contribution in [1.82, 2.24) is 0 Å². The minimum Gasteiger partial charge on any atom is -0.870 e. The van der Waals surface area contributed by atoms with E-state index >= 15 is 0 Å². The molecule has 0 amide bonds. The van der Waals surface area contributed by atoms with Crippen molar-refractivity contribution in [3.63, 3.8) is 0 Å². The van der Waals surface area contributed by atoms with E-state index in [0.29, 0.717) is 11.4 Å². The second-order valence-corrected chi connectivity index (χ2v) is 12.8. The molecule has 1 aliphatic heterocycles. The molecule has 1 heterocycles. The Labute approximate surface area is 259 Å². The molecule has 0 bridgehead atoms. The number of carbonyl (C=O) groups excluding carboxylic acids is 2. The van der Waals surface area contributed by atoms with Gasteiger partial charge in [0.15, 0.2) is 10.6 Å². The SMILES string of the molecule is CCSc1ccccc1-c1ccccc1N=C(C(=O)OC)C(C(=O)OC)N1c2ccccc2-c2ccccc2[S+]1CC.[OH-]. The van der Waals surface area contributed by atoms with E-state index in [0.717, 1.165) is 43.5 Å². The van der Waals surface area contributed by atoms with Crippen LogP contribution in [-0.2, 0) is 30.1 Å². The molecule has 9 heteroatoms. The van der Waals surface area contributed by atoms with Gasteiger partial charge in [-0.25, -0.2) is 14.6 Å². The van der Waals surface area contributed by atoms with Crippen molar-refractivity contribution >= 4 is 51.9 Å². The minimum absolute atomic E-state index is 0. The topological polar surface area (TPSA) is 98.2 Å². The zero-order chi connectivity index (χ0) is 29.6. The molecule has 0 saturated heterocycles. The quantitative estimate of drug-likeness (QED) is 0.0853. The highest BCUT2D eigenvalue weighted by Crippen LogP contribution is 2.45. The van der Waals surface area contributed by atoms with E-state index in [-0.39, 0.29) is 11.2 Å². The molecule has 1 N–H and O–H groups in total. The van der Waals surface area contributed by atoms with Gasteiger partial charge in [-0.3, -0.25) is 0 Å². The third kappa shape index (κ3) is 6.20. The molecule has 4 aromatic rings. The first-order chi connectivity index (χ1) is 20.5. The van der Waals surface area contributed by atoms with Gasteiger partial charge in [-0.1, -0.05) is 73.7 Å². The van der Waals surface area contributed by atoms with Gasteiger partial charge in [0.1, 0.15) is 16.8 Å². The number of carbonyl (C=O) groups is 2. The number of benzene rings is 4. The summed E-state index contributed by atoms with van der Waals surface area (Å²) in [6.45, 7) is 4.20. The fourth-order valence-corrected chi connectivity index (χ4v) is 8.35. The van der Waals surface area contributed by atoms with E-state index in [2.05, 4.69) is 32.0 Å². The lowest BCUT2D eigenvalue weighted by Crippen LogP contribution is -2.54. The van der Waals surface area contributed by atoms with Gasteiger partial charge in [0.2, 0.25) is 6.04 Å². The van der Waals surface area contributed by atoms with Crippen LogP contribution >= 0.6 is 11.8 Å². The van der Waals surface area contributed by atoms with Crippen LogP contribution in [0.3, 0.4) is 0 Å². The molecular weight excluding hydrogens is 581 g/mol. The number of rotatable bonds is 9. The number of ether oxygens (including phenoxy) is 2. The fraction of sp³-hybridized carbons (Fsp3) is 0.206. The zero-order valence-corrected chi connectivity index (χ0v) is 26.2. The van der Waals surface area contributed by atoms with Crippen molar-refractivity contribution in [1.29, 1.82) is 0 Å². The van der Waals surface area contributed by atoms with Crippen LogP contribution in [0.2, 0.25) is 0 Å². The number of hydrogen-bond donors (Lipinski definition) is 0. The van der Waals surface area contributed by atoms with E-state index in [1.54, 1.807) is 11.8 Å². The summed E-state index contributed by atoms with van der Waals surface area (Å²) in [6, 6.07) is 30.8. The fourth-order valence-electron chi connectivity index (χ4n) is 5.23. The normalized spacial score (nSPS) is 14.6. The van der Waals surface area contributed by atoms with Gasteiger partial charge >= 0.3 is 11.9 Å². The number of para-hydroxylation sites is 2. The molecule has 0 fully saturated rings. The Balaban J connectivity index is 0.00000423. The Morgan fingerprint density at radius 3 is 2.07 bits per heavy atom. The van der Waals surface area contributed by atoms with E-state index in [1.165, 1.54) is 14.2 Å². The van der Waals surface area contributed by atoms with Gasteiger partial charge in [-0.2, -0.15) is 4.31 Å². The van der Waals surface area contributed by atoms with Crippen LogP contribution in [0.1, 0.15) is 13.8 Å². The number of methoxy groups -OCH3 is 2. The number of nitrogens with zero attached hydrogens (tertiary/aromatic N) is 2. The second-order valence-electron chi connectivity index (χ2n) is 9.35. The second kappa shape index (κ2) is 14.4. The monoisotopic (exact) mass is 614 g/mol. The van der Waals surface area contributed by atoms with Crippen molar-refractivity contribution in [2.24, 2.45) is 4.99 Å². The molecule has 0 radical (unpaired) electrons. The summed E-state index contributed by atoms with van der Waals surface area (Å²) in [5.41, 5.74) is 5.34. The molecule has 4 aromatic carbocycles. The smallest absolute Gasteiger partial charge is 0.355 e. The molecule has 2 atom stereocenters. The Morgan fingerprint density at radius 1 is 0.791 bits per heavy atom. The van der Waals surface area contributed by atoms with Crippen molar-refractivity contribution in [3.8, 4) is 22.3 Å². The first-order valence-electron chi connectivity index (χ1n) is 13.8. The number of thioether (sulfide) groups is 1. The molecule has 222 valence electrons. The molecule has 0 aromatic heterocycles. The average Bonchev–Trinajstić information content (AvgIpc) is 3.04. The summed E-state index contributed by atoms with van der Waals surface area (Å²) in [6.07, 6.45) is 0. The van der Waals surface area contributed by atoms with Crippen molar-refractivity contribution in [3.05, 3.63) is 97.1 Å². The maximum absolute atomic E-state index is 13.8. The predicted molar refractivity (Wildman–Crippen MR) is 176 cm³/mol. The Bertz CT molecular complexity index is 1640. The van der Waals surface area contributed by atoms with Crippen LogP contribution in [0.4, 0.5) is 11.4 Å². The van der Waals surface area contributed by atoms with Crippen LogP contribution in [0.5, 0.6) is 0 Å². The predicted octanol–water partition coefficient (Wildman–Crippen LogP) is 7.18. The molecular formula is C34H34N2O5S2. The van der Waals surface area contributed by atoms with E-state index in [9.17, 15) is 9.59 Å². The number of hydrogen-bond acceptors (Lipinski definition) is 8. The number of aliphatic imine (C=N–C) groups is 1. The van der Waals surface area contributed by atoms with Gasteiger partial charge in [0.05, 0.1) is 25.6 Å². The van der Waals surface area contributed by atoms with Crippen LogP contribution in [-0.4, -0.2) is 54.9 Å². The summed E-state index contributed by atoms with van der Waals surface area (Å²) in [4.78, 5) is 34.5. The molecule has 7 nitrogen and oxygen atoms in total. The first kappa shape index (κ1) is 31.9. The first-order valence-corrected chi connectivity index (χ1v) is 16.1. The zero-order valence-electron chi connectivity index (χ0n) is 24.5.